The second kappa shape index (κ2) is 34.6. The first-order chi connectivity index (χ1) is 22.9. The number of phosphoric ester groups is 1. The summed E-state index contributed by atoms with van der Waals surface area (Å²) < 4.78 is 22.0. The van der Waals surface area contributed by atoms with E-state index >= 15 is 0 Å². The summed E-state index contributed by atoms with van der Waals surface area (Å²) in [7, 11) is -4.33. The van der Waals surface area contributed by atoms with Gasteiger partial charge in [-0.3, -0.25) is 13.8 Å². The number of carbonyl (C=O) groups is 1. The molecule has 0 bridgehead atoms. The lowest BCUT2D eigenvalue weighted by atomic mass is 10.0. The molecular formula is C38H73N2O6P. The van der Waals surface area contributed by atoms with Crippen molar-refractivity contribution in [3.8, 4) is 0 Å². The summed E-state index contributed by atoms with van der Waals surface area (Å²) in [6.45, 7) is 4.06. The van der Waals surface area contributed by atoms with Crippen molar-refractivity contribution in [2.75, 3.05) is 19.8 Å². The quantitative estimate of drug-likeness (QED) is 0.0297. The summed E-state index contributed by atoms with van der Waals surface area (Å²) in [5, 5.41) is 13.5. The molecule has 0 aliphatic heterocycles. The summed E-state index contributed by atoms with van der Waals surface area (Å²) in [5.74, 6) is -0.203. The Morgan fingerprint density at radius 3 is 1.72 bits per heavy atom. The van der Waals surface area contributed by atoms with Crippen molar-refractivity contribution in [2.24, 2.45) is 5.73 Å². The maximum atomic E-state index is 12.7. The van der Waals surface area contributed by atoms with Crippen LogP contribution in [0.25, 0.3) is 0 Å². The zero-order chi connectivity index (χ0) is 34.7. The second-order valence-electron chi connectivity index (χ2n) is 12.8. The highest BCUT2D eigenvalue weighted by molar-refractivity contribution is 7.47. The van der Waals surface area contributed by atoms with Gasteiger partial charge < -0.3 is 21.1 Å². The molecule has 47 heavy (non-hydrogen) atoms. The molecule has 0 aliphatic rings. The molecule has 0 heterocycles. The lowest BCUT2D eigenvalue weighted by molar-refractivity contribution is -0.123. The van der Waals surface area contributed by atoms with Crippen LogP contribution in [-0.2, 0) is 18.4 Å². The summed E-state index contributed by atoms with van der Waals surface area (Å²) in [4.78, 5) is 22.5. The van der Waals surface area contributed by atoms with E-state index in [9.17, 15) is 19.4 Å². The number of phosphoric acid groups is 1. The summed E-state index contributed by atoms with van der Waals surface area (Å²) in [6, 6.07) is -0.859. The van der Waals surface area contributed by atoms with Gasteiger partial charge in [0, 0.05) is 13.0 Å². The van der Waals surface area contributed by atoms with Crippen LogP contribution in [0.4, 0.5) is 0 Å². The first-order valence-electron chi connectivity index (χ1n) is 19.1. The Kier molecular flexibility index (Phi) is 33.6. The van der Waals surface area contributed by atoms with E-state index in [0.29, 0.717) is 6.42 Å². The van der Waals surface area contributed by atoms with Gasteiger partial charge >= 0.3 is 7.82 Å². The minimum Gasteiger partial charge on any atom is -0.387 e. The van der Waals surface area contributed by atoms with Crippen LogP contribution in [0.3, 0.4) is 0 Å². The van der Waals surface area contributed by atoms with Crippen LogP contribution in [0.5, 0.6) is 0 Å². The van der Waals surface area contributed by atoms with Crippen LogP contribution in [0.1, 0.15) is 168 Å². The van der Waals surface area contributed by atoms with E-state index in [-0.39, 0.29) is 25.7 Å². The number of hydrogen-bond donors (Lipinski definition) is 4. The molecule has 0 rings (SSSR count). The number of carbonyl (C=O) groups excluding carboxylic acids is 1. The number of nitrogens with two attached hydrogens (primary N) is 1. The third-order valence-corrected chi connectivity index (χ3v) is 9.19. The Bertz CT molecular complexity index is 835. The third-order valence-electron chi connectivity index (χ3n) is 8.21. The Hall–Kier alpha value is -1.28. The molecule has 0 aromatic carbocycles. The van der Waals surface area contributed by atoms with E-state index in [1.807, 2.05) is 6.08 Å². The average Bonchev–Trinajstić information content (AvgIpc) is 3.05. The van der Waals surface area contributed by atoms with Gasteiger partial charge in [-0.25, -0.2) is 4.57 Å². The fraction of sp³-hybridized carbons (Fsp3) is 0.816. The maximum absolute atomic E-state index is 12.7. The minimum absolute atomic E-state index is 0.0770. The normalized spacial score (nSPS) is 14.7. The smallest absolute Gasteiger partial charge is 0.387 e. The third kappa shape index (κ3) is 33.0. The molecule has 0 saturated carbocycles. The van der Waals surface area contributed by atoms with Crippen molar-refractivity contribution in [3.05, 3.63) is 36.5 Å². The number of allylic oxidation sites excluding steroid dienone is 5. The van der Waals surface area contributed by atoms with Gasteiger partial charge in [0.15, 0.2) is 0 Å². The fourth-order valence-corrected chi connectivity index (χ4v) is 6.04. The molecular weight excluding hydrogens is 611 g/mol. The van der Waals surface area contributed by atoms with E-state index in [4.69, 9.17) is 14.8 Å². The molecule has 0 fully saturated rings. The first-order valence-corrected chi connectivity index (χ1v) is 20.6. The van der Waals surface area contributed by atoms with Crippen molar-refractivity contribution >= 4 is 13.7 Å². The highest BCUT2D eigenvalue weighted by atomic mass is 31.2. The molecule has 3 atom stereocenters. The van der Waals surface area contributed by atoms with Gasteiger partial charge in [-0.15, -0.1) is 0 Å². The number of nitrogens with one attached hydrogen (secondary N) is 1. The molecule has 8 nitrogen and oxygen atoms in total. The highest BCUT2D eigenvalue weighted by Gasteiger charge is 2.26. The van der Waals surface area contributed by atoms with Gasteiger partial charge in [0.05, 0.1) is 25.4 Å². The van der Waals surface area contributed by atoms with Gasteiger partial charge in [0.1, 0.15) is 0 Å². The topological polar surface area (TPSA) is 131 Å². The van der Waals surface area contributed by atoms with Crippen LogP contribution < -0.4 is 11.1 Å². The standard InChI is InChI=1S/C38H73N2O6P/c1-3-5-7-9-11-13-14-15-16-17-18-19-20-21-22-24-26-28-30-32-38(42)40-36(35-46-47(43,44)45-34-33-39)37(41)31-29-27-25-23-12-10-8-6-4-2/h11,13,15-16,29,31,36-37,41H,3-10,12,14,17-28,30,32-35,39H2,1-2H3,(H,40,42)(H,43,44)/b13-11-,16-15-,31-29+. The van der Waals surface area contributed by atoms with Crippen molar-refractivity contribution in [3.63, 3.8) is 0 Å². The number of unbranched alkanes of at least 4 members (excludes halogenated alkanes) is 19. The molecule has 0 saturated heterocycles. The molecule has 3 unspecified atom stereocenters. The number of rotatable bonds is 35. The van der Waals surface area contributed by atoms with E-state index in [1.165, 1.54) is 103 Å². The predicted molar refractivity (Wildman–Crippen MR) is 198 cm³/mol. The lowest BCUT2D eigenvalue weighted by Gasteiger charge is -2.23. The van der Waals surface area contributed by atoms with Crippen molar-refractivity contribution in [2.45, 2.75) is 180 Å². The molecule has 0 spiro atoms. The van der Waals surface area contributed by atoms with E-state index in [2.05, 4.69) is 43.5 Å². The fourth-order valence-electron chi connectivity index (χ4n) is 5.28. The molecule has 0 aromatic rings. The summed E-state index contributed by atoms with van der Waals surface area (Å²) in [6.07, 6.45) is 39.1. The number of amides is 1. The number of hydrogen-bond acceptors (Lipinski definition) is 6. The first kappa shape index (κ1) is 45.7. The maximum Gasteiger partial charge on any atom is 0.472 e. The molecule has 0 aliphatic carbocycles. The molecule has 276 valence electrons. The van der Waals surface area contributed by atoms with Crippen LogP contribution in [-0.4, -0.2) is 47.8 Å². The van der Waals surface area contributed by atoms with Gasteiger partial charge in [-0.05, 0) is 51.4 Å². The van der Waals surface area contributed by atoms with Gasteiger partial charge in [-0.1, -0.05) is 147 Å². The average molecular weight is 685 g/mol. The minimum atomic E-state index is -4.33. The number of aliphatic hydroxyl groups excluding tert-OH is 1. The van der Waals surface area contributed by atoms with Gasteiger partial charge in [0.25, 0.3) is 0 Å². The Labute approximate surface area is 289 Å². The van der Waals surface area contributed by atoms with E-state index in [1.54, 1.807) is 6.08 Å². The van der Waals surface area contributed by atoms with E-state index in [0.717, 1.165) is 44.9 Å². The second-order valence-corrected chi connectivity index (χ2v) is 14.2. The van der Waals surface area contributed by atoms with E-state index < -0.39 is 20.0 Å². The summed E-state index contributed by atoms with van der Waals surface area (Å²) in [5.41, 5.74) is 5.34. The summed E-state index contributed by atoms with van der Waals surface area (Å²) >= 11 is 0. The number of aliphatic hydroxyl groups is 1. The molecule has 9 heteroatoms. The van der Waals surface area contributed by atoms with Crippen molar-refractivity contribution in [1.29, 1.82) is 0 Å². The van der Waals surface area contributed by atoms with Crippen LogP contribution in [0.15, 0.2) is 36.5 Å². The molecule has 1 amide bonds. The Morgan fingerprint density at radius 2 is 1.17 bits per heavy atom. The molecule has 0 radical (unpaired) electrons. The van der Waals surface area contributed by atoms with Gasteiger partial charge in [-0.2, -0.15) is 0 Å². The predicted octanol–water partition coefficient (Wildman–Crippen LogP) is 10.00. The monoisotopic (exact) mass is 685 g/mol. The Balaban J connectivity index is 4.20. The molecule has 5 N–H and O–H groups in total. The highest BCUT2D eigenvalue weighted by Crippen LogP contribution is 2.43. The zero-order valence-corrected chi connectivity index (χ0v) is 31.2. The SMILES string of the molecule is CCCCC/C=C\C/C=C\CCCCCCCCCCCC(=O)NC(COP(=O)(O)OCCN)C(O)/C=C/CCCCCCCCC. The lowest BCUT2D eigenvalue weighted by Crippen LogP contribution is -2.45. The molecule has 0 aromatic heterocycles. The van der Waals surface area contributed by atoms with Gasteiger partial charge in [0.2, 0.25) is 5.91 Å². The van der Waals surface area contributed by atoms with Crippen LogP contribution >= 0.6 is 7.82 Å². The van der Waals surface area contributed by atoms with Crippen molar-refractivity contribution in [1.82, 2.24) is 5.32 Å². The largest absolute Gasteiger partial charge is 0.472 e. The van der Waals surface area contributed by atoms with Crippen LogP contribution in [0, 0.1) is 0 Å². The Morgan fingerprint density at radius 1 is 0.702 bits per heavy atom. The van der Waals surface area contributed by atoms with Crippen LogP contribution in [0.2, 0.25) is 0 Å². The van der Waals surface area contributed by atoms with Crippen molar-refractivity contribution < 1.29 is 28.4 Å². The zero-order valence-electron chi connectivity index (χ0n) is 30.3.